The van der Waals surface area contributed by atoms with Crippen LogP contribution in [-0.2, 0) is 11.3 Å². The van der Waals surface area contributed by atoms with Crippen LogP contribution in [0.3, 0.4) is 0 Å². The van der Waals surface area contributed by atoms with Crippen molar-refractivity contribution in [3.05, 3.63) is 23.0 Å². The standard InChI is InChI=1S/C14H23N3O2/c1-5-6-16-13(18)9-15-8-12-11(3)14(19-4)10(2)7-17-12/h7,15H,5-6,8-9H2,1-4H3,(H,16,18). The molecular weight excluding hydrogens is 242 g/mol. The molecule has 0 saturated carbocycles. The van der Waals surface area contributed by atoms with Crippen molar-refractivity contribution in [2.75, 3.05) is 20.2 Å². The Morgan fingerprint density at radius 2 is 2.16 bits per heavy atom. The molecule has 0 aliphatic heterocycles. The van der Waals surface area contributed by atoms with Gasteiger partial charge in [-0.25, -0.2) is 0 Å². The lowest BCUT2D eigenvalue weighted by Crippen LogP contribution is -2.34. The number of methoxy groups -OCH3 is 1. The van der Waals surface area contributed by atoms with E-state index in [1.807, 2.05) is 20.8 Å². The zero-order chi connectivity index (χ0) is 14.3. The first-order valence-corrected chi connectivity index (χ1v) is 6.56. The van der Waals surface area contributed by atoms with Crippen LogP contribution in [0.4, 0.5) is 0 Å². The second-order valence-electron chi connectivity index (χ2n) is 4.50. The van der Waals surface area contributed by atoms with E-state index in [9.17, 15) is 4.79 Å². The maximum atomic E-state index is 11.4. The number of carbonyl (C=O) groups is 1. The van der Waals surface area contributed by atoms with Crippen LogP contribution in [0.5, 0.6) is 5.75 Å². The first-order chi connectivity index (χ1) is 9.10. The largest absolute Gasteiger partial charge is 0.496 e. The minimum Gasteiger partial charge on any atom is -0.496 e. The van der Waals surface area contributed by atoms with Gasteiger partial charge < -0.3 is 15.4 Å². The number of ether oxygens (including phenoxy) is 1. The van der Waals surface area contributed by atoms with Crippen molar-refractivity contribution in [2.24, 2.45) is 0 Å². The maximum absolute atomic E-state index is 11.4. The van der Waals surface area contributed by atoms with Crippen molar-refractivity contribution in [1.29, 1.82) is 0 Å². The van der Waals surface area contributed by atoms with Crippen LogP contribution in [0, 0.1) is 13.8 Å². The molecule has 2 N–H and O–H groups in total. The van der Waals surface area contributed by atoms with E-state index in [4.69, 9.17) is 4.74 Å². The number of aryl methyl sites for hydroxylation is 1. The van der Waals surface area contributed by atoms with Crippen LogP contribution in [0.25, 0.3) is 0 Å². The topological polar surface area (TPSA) is 63.2 Å². The SMILES string of the molecule is CCCNC(=O)CNCc1ncc(C)c(OC)c1C. The summed E-state index contributed by atoms with van der Waals surface area (Å²) in [6.07, 6.45) is 2.74. The highest BCUT2D eigenvalue weighted by molar-refractivity contribution is 5.77. The highest BCUT2D eigenvalue weighted by Gasteiger charge is 2.09. The molecule has 0 atom stereocenters. The Kier molecular flexibility index (Phi) is 6.29. The highest BCUT2D eigenvalue weighted by atomic mass is 16.5. The van der Waals surface area contributed by atoms with E-state index in [0.717, 1.165) is 35.5 Å². The van der Waals surface area contributed by atoms with Crippen molar-refractivity contribution >= 4 is 5.91 Å². The number of nitrogens with one attached hydrogen (secondary N) is 2. The summed E-state index contributed by atoms with van der Waals surface area (Å²) in [6.45, 7) is 7.55. The predicted octanol–water partition coefficient (Wildman–Crippen LogP) is 1.32. The van der Waals surface area contributed by atoms with E-state index in [-0.39, 0.29) is 5.91 Å². The van der Waals surface area contributed by atoms with E-state index in [1.54, 1.807) is 13.3 Å². The number of hydrogen-bond donors (Lipinski definition) is 2. The molecule has 19 heavy (non-hydrogen) atoms. The Hall–Kier alpha value is -1.62. The summed E-state index contributed by atoms with van der Waals surface area (Å²) in [5.74, 6) is 0.876. The minimum absolute atomic E-state index is 0.0126. The molecule has 0 unspecified atom stereocenters. The first-order valence-electron chi connectivity index (χ1n) is 6.56. The summed E-state index contributed by atoms with van der Waals surface area (Å²) in [6, 6.07) is 0. The van der Waals surface area contributed by atoms with Gasteiger partial charge in [-0.15, -0.1) is 0 Å². The van der Waals surface area contributed by atoms with Crippen molar-refractivity contribution < 1.29 is 9.53 Å². The molecule has 0 aromatic carbocycles. The highest BCUT2D eigenvalue weighted by Crippen LogP contribution is 2.23. The molecule has 0 fully saturated rings. The quantitative estimate of drug-likeness (QED) is 0.780. The van der Waals surface area contributed by atoms with E-state index in [1.165, 1.54) is 0 Å². The van der Waals surface area contributed by atoms with Crippen molar-refractivity contribution in [3.8, 4) is 5.75 Å². The molecule has 0 bridgehead atoms. The second kappa shape index (κ2) is 7.74. The van der Waals surface area contributed by atoms with E-state index in [0.29, 0.717) is 13.1 Å². The maximum Gasteiger partial charge on any atom is 0.233 e. The van der Waals surface area contributed by atoms with Gasteiger partial charge in [0.15, 0.2) is 0 Å². The summed E-state index contributed by atoms with van der Waals surface area (Å²) >= 11 is 0. The lowest BCUT2D eigenvalue weighted by Gasteiger charge is -2.12. The molecule has 1 rings (SSSR count). The Morgan fingerprint density at radius 1 is 1.42 bits per heavy atom. The number of rotatable bonds is 7. The average molecular weight is 265 g/mol. The zero-order valence-corrected chi connectivity index (χ0v) is 12.2. The molecule has 1 aromatic rings. The average Bonchev–Trinajstić information content (AvgIpc) is 2.39. The van der Waals surface area contributed by atoms with Crippen LogP contribution < -0.4 is 15.4 Å². The molecule has 0 saturated heterocycles. The lowest BCUT2D eigenvalue weighted by molar-refractivity contribution is -0.120. The summed E-state index contributed by atoms with van der Waals surface area (Å²) in [5, 5.41) is 5.91. The summed E-state index contributed by atoms with van der Waals surface area (Å²) < 4.78 is 5.35. The van der Waals surface area contributed by atoms with Gasteiger partial charge in [0.1, 0.15) is 5.75 Å². The molecule has 0 radical (unpaired) electrons. The van der Waals surface area contributed by atoms with Gasteiger partial charge in [0.05, 0.1) is 19.3 Å². The third kappa shape index (κ3) is 4.52. The molecule has 1 aromatic heterocycles. The Balaban J connectivity index is 2.52. The fourth-order valence-corrected chi connectivity index (χ4v) is 1.87. The molecule has 5 heteroatoms. The summed E-state index contributed by atoms with van der Waals surface area (Å²) in [5.41, 5.74) is 2.94. The van der Waals surface area contributed by atoms with Crippen LogP contribution in [0.2, 0.25) is 0 Å². The number of amides is 1. The van der Waals surface area contributed by atoms with Gasteiger partial charge in [0.2, 0.25) is 5.91 Å². The molecule has 1 heterocycles. The normalized spacial score (nSPS) is 10.3. The van der Waals surface area contributed by atoms with E-state index < -0.39 is 0 Å². The number of pyridine rings is 1. The van der Waals surface area contributed by atoms with Gasteiger partial charge in [-0.1, -0.05) is 6.92 Å². The third-order valence-corrected chi connectivity index (χ3v) is 2.90. The smallest absolute Gasteiger partial charge is 0.233 e. The van der Waals surface area contributed by atoms with Gasteiger partial charge in [-0.2, -0.15) is 0 Å². The van der Waals surface area contributed by atoms with Gasteiger partial charge in [0, 0.05) is 30.4 Å². The molecular formula is C14H23N3O2. The first kappa shape index (κ1) is 15.4. The number of carbonyl (C=O) groups excluding carboxylic acids is 1. The van der Waals surface area contributed by atoms with Crippen molar-refractivity contribution in [1.82, 2.24) is 15.6 Å². The second-order valence-corrected chi connectivity index (χ2v) is 4.50. The monoisotopic (exact) mass is 265 g/mol. The van der Waals surface area contributed by atoms with Gasteiger partial charge in [-0.3, -0.25) is 9.78 Å². The molecule has 1 amide bonds. The Morgan fingerprint density at radius 3 is 2.79 bits per heavy atom. The van der Waals surface area contributed by atoms with Gasteiger partial charge >= 0.3 is 0 Å². The fraction of sp³-hybridized carbons (Fsp3) is 0.571. The molecule has 106 valence electrons. The Bertz CT molecular complexity index is 433. The summed E-state index contributed by atoms with van der Waals surface area (Å²) in [4.78, 5) is 15.8. The van der Waals surface area contributed by atoms with Crippen LogP contribution in [0.1, 0.15) is 30.2 Å². The molecule has 0 aliphatic carbocycles. The lowest BCUT2D eigenvalue weighted by atomic mass is 10.1. The van der Waals surface area contributed by atoms with E-state index >= 15 is 0 Å². The summed E-state index contributed by atoms with van der Waals surface area (Å²) in [7, 11) is 1.66. The van der Waals surface area contributed by atoms with Gasteiger partial charge in [-0.05, 0) is 20.3 Å². The predicted molar refractivity (Wildman–Crippen MR) is 75.3 cm³/mol. The third-order valence-electron chi connectivity index (χ3n) is 2.90. The van der Waals surface area contributed by atoms with Gasteiger partial charge in [0.25, 0.3) is 0 Å². The van der Waals surface area contributed by atoms with Crippen LogP contribution in [0.15, 0.2) is 6.20 Å². The number of hydrogen-bond acceptors (Lipinski definition) is 4. The van der Waals surface area contributed by atoms with Crippen molar-refractivity contribution in [3.63, 3.8) is 0 Å². The Labute approximate surface area is 114 Å². The molecule has 0 spiro atoms. The number of aromatic nitrogens is 1. The minimum atomic E-state index is 0.0126. The number of nitrogens with zero attached hydrogens (tertiary/aromatic N) is 1. The zero-order valence-electron chi connectivity index (χ0n) is 12.2. The molecule has 0 aliphatic rings. The van der Waals surface area contributed by atoms with Crippen LogP contribution in [-0.4, -0.2) is 31.1 Å². The van der Waals surface area contributed by atoms with E-state index in [2.05, 4.69) is 15.6 Å². The van der Waals surface area contributed by atoms with Crippen LogP contribution >= 0.6 is 0 Å². The fourth-order valence-electron chi connectivity index (χ4n) is 1.87. The van der Waals surface area contributed by atoms with Crippen molar-refractivity contribution in [2.45, 2.75) is 33.7 Å². The molecule has 5 nitrogen and oxygen atoms in total.